The van der Waals surface area contributed by atoms with E-state index in [1.807, 2.05) is 48.5 Å². The molecule has 0 aromatic heterocycles. The Morgan fingerprint density at radius 2 is 1.29 bits per heavy atom. The molecule has 0 saturated carbocycles. The van der Waals surface area contributed by atoms with Gasteiger partial charge in [-0.2, -0.15) is 0 Å². The molecule has 0 aliphatic rings. The van der Waals surface area contributed by atoms with Gasteiger partial charge in [-0.25, -0.2) is 0 Å². The molecule has 0 heterocycles. The van der Waals surface area contributed by atoms with Gasteiger partial charge in [-0.1, -0.05) is 60.7 Å². The van der Waals surface area contributed by atoms with Crippen LogP contribution in [0.25, 0.3) is 5.57 Å². The van der Waals surface area contributed by atoms with Crippen molar-refractivity contribution in [3.8, 4) is 0 Å². The van der Waals surface area contributed by atoms with Crippen LogP contribution in [0, 0.1) is 0 Å². The fraction of sp³-hybridized carbons (Fsp3) is 0.0667. The van der Waals surface area contributed by atoms with Crippen LogP contribution in [0.3, 0.4) is 0 Å². The molecule has 0 saturated heterocycles. The number of hydrogen-bond acceptors (Lipinski definition) is 2. The molecule has 0 aliphatic heterocycles. The Hall–Kier alpha value is -2.22. The van der Waals surface area contributed by atoms with Gasteiger partial charge in [-0.05, 0) is 11.1 Å². The molecule has 4 N–H and O–H groups in total. The van der Waals surface area contributed by atoms with Crippen molar-refractivity contribution in [2.75, 3.05) is 0 Å². The third-order valence-corrected chi connectivity index (χ3v) is 2.69. The summed E-state index contributed by atoms with van der Waals surface area (Å²) in [5, 5.41) is 0. The van der Waals surface area contributed by atoms with Gasteiger partial charge >= 0.3 is 0 Å². The zero-order chi connectivity index (χ0) is 12.1. The third-order valence-electron chi connectivity index (χ3n) is 2.69. The molecule has 0 amide bonds. The summed E-state index contributed by atoms with van der Waals surface area (Å²) in [6, 6.07) is 20.2. The summed E-state index contributed by atoms with van der Waals surface area (Å²) < 4.78 is 0. The third kappa shape index (κ3) is 2.88. The summed E-state index contributed by atoms with van der Waals surface area (Å²) in [6.45, 7) is 0. The average molecular weight is 224 g/mol. The normalized spacial score (nSPS) is 9.88. The van der Waals surface area contributed by atoms with Crippen LogP contribution in [0.5, 0.6) is 0 Å². The second-order valence-corrected chi connectivity index (χ2v) is 3.96. The van der Waals surface area contributed by atoms with E-state index in [4.69, 9.17) is 11.5 Å². The Kier molecular flexibility index (Phi) is 3.46. The molecule has 2 aromatic carbocycles. The van der Waals surface area contributed by atoms with Gasteiger partial charge in [0.25, 0.3) is 0 Å². The van der Waals surface area contributed by atoms with Crippen LogP contribution in [-0.2, 0) is 6.42 Å². The number of hydrogen-bond donors (Lipinski definition) is 2. The van der Waals surface area contributed by atoms with Gasteiger partial charge in [0.1, 0.15) is 0 Å². The minimum Gasteiger partial charge on any atom is -0.385 e. The van der Waals surface area contributed by atoms with Crippen molar-refractivity contribution in [2.24, 2.45) is 11.5 Å². The Bertz CT molecular complexity index is 497. The highest BCUT2D eigenvalue weighted by Gasteiger charge is 2.05. The number of nitrogens with two attached hydrogens (primary N) is 2. The van der Waals surface area contributed by atoms with Crippen LogP contribution in [0.2, 0.25) is 0 Å². The van der Waals surface area contributed by atoms with Gasteiger partial charge in [-0.3, -0.25) is 0 Å². The lowest BCUT2D eigenvalue weighted by Gasteiger charge is -2.09. The lowest BCUT2D eigenvalue weighted by molar-refractivity contribution is 1.18. The van der Waals surface area contributed by atoms with Crippen LogP contribution in [0.1, 0.15) is 11.1 Å². The largest absolute Gasteiger partial charge is 0.385 e. The minimum atomic E-state index is 0.389. The molecule has 0 atom stereocenters. The Morgan fingerprint density at radius 3 is 1.82 bits per heavy atom. The molecule has 0 unspecified atom stereocenters. The maximum Gasteiger partial charge on any atom is 0.0976 e. The first-order valence-corrected chi connectivity index (χ1v) is 5.61. The first-order chi connectivity index (χ1) is 8.27. The van der Waals surface area contributed by atoms with Gasteiger partial charge in [0.15, 0.2) is 0 Å². The maximum absolute atomic E-state index is 5.77. The summed E-state index contributed by atoms with van der Waals surface area (Å²) in [6.07, 6.45) is 0.757. The highest BCUT2D eigenvalue weighted by Crippen LogP contribution is 2.19. The van der Waals surface area contributed by atoms with E-state index in [-0.39, 0.29) is 0 Å². The summed E-state index contributed by atoms with van der Waals surface area (Å²) >= 11 is 0. The van der Waals surface area contributed by atoms with Crippen LogP contribution >= 0.6 is 0 Å². The maximum atomic E-state index is 5.77. The molecule has 2 rings (SSSR count). The number of benzene rings is 2. The predicted molar refractivity (Wildman–Crippen MR) is 71.9 cm³/mol. The minimum absolute atomic E-state index is 0.389. The molecule has 0 aliphatic carbocycles. The standard InChI is InChI=1S/C15H16N2/c16-15(17)14(13-9-5-2-6-10-13)11-12-7-3-1-4-8-12/h1-10H,11,16-17H2. The average Bonchev–Trinajstić information content (AvgIpc) is 2.38. The van der Waals surface area contributed by atoms with Crippen LogP contribution in [0.15, 0.2) is 66.5 Å². The summed E-state index contributed by atoms with van der Waals surface area (Å²) in [5.74, 6) is 0.389. The van der Waals surface area contributed by atoms with Crippen molar-refractivity contribution in [2.45, 2.75) is 6.42 Å². The molecule has 2 heteroatoms. The quantitative estimate of drug-likeness (QED) is 0.841. The molecule has 0 radical (unpaired) electrons. The zero-order valence-corrected chi connectivity index (χ0v) is 9.64. The van der Waals surface area contributed by atoms with Gasteiger partial charge < -0.3 is 11.5 Å². The lowest BCUT2D eigenvalue weighted by Crippen LogP contribution is -2.13. The Morgan fingerprint density at radius 1 is 0.765 bits per heavy atom. The van der Waals surface area contributed by atoms with E-state index in [2.05, 4.69) is 12.1 Å². The molecule has 17 heavy (non-hydrogen) atoms. The summed E-state index contributed by atoms with van der Waals surface area (Å²) in [4.78, 5) is 0. The van der Waals surface area contributed by atoms with Gasteiger partial charge in [0.2, 0.25) is 0 Å². The molecule has 2 aromatic rings. The first-order valence-electron chi connectivity index (χ1n) is 5.61. The topological polar surface area (TPSA) is 52.0 Å². The van der Waals surface area contributed by atoms with E-state index >= 15 is 0 Å². The van der Waals surface area contributed by atoms with Crippen molar-refractivity contribution < 1.29 is 0 Å². The molecular weight excluding hydrogens is 208 g/mol. The van der Waals surface area contributed by atoms with E-state index in [1.54, 1.807) is 0 Å². The molecular formula is C15H16N2. The highest BCUT2D eigenvalue weighted by molar-refractivity contribution is 5.69. The lowest BCUT2D eigenvalue weighted by atomic mass is 9.98. The molecule has 0 fully saturated rings. The van der Waals surface area contributed by atoms with Crippen LogP contribution < -0.4 is 11.5 Å². The van der Waals surface area contributed by atoms with Crippen LogP contribution in [-0.4, -0.2) is 0 Å². The van der Waals surface area contributed by atoms with Crippen LogP contribution in [0.4, 0.5) is 0 Å². The summed E-state index contributed by atoms with van der Waals surface area (Å²) in [7, 11) is 0. The highest BCUT2D eigenvalue weighted by atomic mass is 14.8. The Balaban J connectivity index is 2.31. The van der Waals surface area contributed by atoms with Gasteiger partial charge in [-0.15, -0.1) is 0 Å². The van der Waals surface area contributed by atoms with Gasteiger partial charge in [0, 0.05) is 12.0 Å². The van der Waals surface area contributed by atoms with Crippen molar-refractivity contribution in [1.82, 2.24) is 0 Å². The predicted octanol–water partition coefficient (Wildman–Crippen LogP) is 2.52. The molecule has 0 bridgehead atoms. The van der Waals surface area contributed by atoms with E-state index in [0.29, 0.717) is 5.82 Å². The second-order valence-electron chi connectivity index (χ2n) is 3.96. The summed E-state index contributed by atoms with van der Waals surface area (Å²) in [5.41, 5.74) is 14.8. The van der Waals surface area contributed by atoms with Crippen molar-refractivity contribution in [3.05, 3.63) is 77.6 Å². The van der Waals surface area contributed by atoms with E-state index in [9.17, 15) is 0 Å². The fourth-order valence-electron chi connectivity index (χ4n) is 1.81. The smallest absolute Gasteiger partial charge is 0.0976 e. The van der Waals surface area contributed by atoms with E-state index in [0.717, 1.165) is 17.6 Å². The number of allylic oxidation sites excluding steroid dienone is 1. The number of rotatable bonds is 3. The van der Waals surface area contributed by atoms with Gasteiger partial charge in [0.05, 0.1) is 5.82 Å². The SMILES string of the molecule is NC(N)=C(Cc1ccccc1)c1ccccc1. The zero-order valence-electron chi connectivity index (χ0n) is 9.64. The van der Waals surface area contributed by atoms with Crippen molar-refractivity contribution in [3.63, 3.8) is 0 Å². The Labute approximate surface area is 102 Å². The van der Waals surface area contributed by atoms with Crippen molar-refractivity contribution in [1.29, 1.82) is 0 Å². The molecule has 2 nitrogen and oxygen atoms in total. The van der Waals surface area contributed by atoms with E-state index < -0.39 is 0 Å². The fourth-order valence-corrected chi connectivity index (χ4v) is 1.81. The molecule has 86 valence electrons. The first kappa shape index (κ1) is 11.3. The monoisotopic (exact) mass is 224 g/mol. The molecule has 0 spiro atoms. The van der Waals surface area contributed by atoms with E-state index in [1.165, 1.54) is 5.56 Å². The van der Waals surface area contributed by atoms with Crippen molar-refractivity contribution >= 4 is 5.57 Å². The second kappa shape index (κ2) is 5.21.